The molecule has 0 aliphatic carbocycles. The van der Waals surface area contributed by atoms with Gasteiger partial charge < -0.3 is 5.32 Å². The lowest BCUT2D eigenvalue weighted by molar-refractivity contribution is 0.349. The van der Waals surface area contributed by atoms with Crippen LogP contribution in [0.1, 0.15) is 30.5 Å². The molecule has 0 bridgehead atoms. The molecule has 0 aromatic carbocycles. The monoisotopic (exact) mass is 190 g/mol. The van der Waals surface area contributed by atoms with Crippen molar-refractivity contribution in [3.8, 4) is 0 Å². The first-order valence-corrected chi connectivity index (χ1v) is 5.40. The third-order valence-corrected chi connectivity index (χ3v) is 3.13. The van der Waals surface area contributed by atoms with Gasteiger partial charge in [-0.25, -0.2) is 0 Å². The summed E-state index contributed by atoms with van der Waals surface area (Å²) in [5.41, 5.74) is 2.60. The van der Waals surface area contributed by atoms with Gasteiger partial charge in [-0.3, -0.25) is 4.98 Å². The highest BCUT2D eigenvalue weighted by Crippen LogP contribution is 2.29. The Morgan fingerprint density at radius 1 is 1.50 bits per heavy atom. The quantitative estimate of drug-likeness (QED) is 0.733. The minimum Gasteiger partial charge on any atom is -0.316 e. The number of nitrogens with one attached hydrogen (secondary N) is 1. The standard InChI is InChI=1S/C12H18N2/c1-9-8-13-5-4-12(9)11-3-6-14-10(2)7-11/h3,6-7,9,12-13H,4-5,8H2,1-2H3. The van der Waals surface area contributed by atoms with Crippen LogP contribution < -0.4 is 5.32 Å². The molecule has 0 spiro atoms. The van der Waals surface area contributed by atoms with Crippen LogP contribution in [0.5, 0.6) is 0 Å². The van der Waals surface area contributed by atoms with E-state index < -0.39 is 0 Å². The van der Waals surface area contributed by atoms with E-state index in [0.29, 0.717) is 0 Å². The van der Waals surface area contributed by atoms with Crippen molar-refractivity contribution in [2.24, 2.45) is 5.92 Å². The number of aryl methyl sites for hydroxylation is 1. The van der Waals surface area contributed by atoms with Crippen LogP contribution in [0.4, 0.5) is 0 Å². The van der Waals surface area contributed by atoms with Gasteiger partial charge in [-0.15, -0.1) is 0 Å². The second kappa shape index (κ2) is 4.09. The molecule has 1 N–H and O–H groups in total. The van der Waals surface area contributed by atoms with Crippen molar-refractivity contribution in [2.45, 2.75) is 26.2 Å². The van der Waals surface area contributed by atoms with E-state index in [0.717, 1.165) is 30.6 Å². The van der Waals surface area contributed by atoms with E-state index in [-0.39, 0.29) is 0 Å². The predicted octanol–water partition coefficient (Wildman–Crippen LogP) is 2.10. The number of aromatic nitrogens is 1. The Balaban J connectivity index is 2.20. The lowest BCUT2D eigenvalue weighted by Crippen LogP contribution is -2.33. The zero-order chi connectivity index (χ0) is 9.97. The molecule has 0 radical (unpaired) electrons. The Morgan fingerprint density at radius 2 is 2.36 bits per heavy atom. The summed E-state index contributed by atoms with van der Waals surface area (Å²) in [6, 6.07) is 4.39. The van der Waals surface area contributed by atoms with Crippen molar-refractivity contribution in [3.63, 3.8) is 0 Å². The van der Waals surface area contributed by atoms with Gasteiger partial charge in [-0.1, -0.05) is 6.92 Å². The molecule has 0 saturated carbocycles. The van der Waals surface area contributed by atoms with Crippen molar-refractivity contribution >= 4 is 0 Å². The molecule has 1 aliphatic rings. The fourth-order valence-corrected chi connectivity index (χ4v) is 2.31. The Labute approximate surface area is 85.7 Å². The number of pyridine rings is 1. The number of nitrogens with zero attached hydrogens (tertiary/aromatic N) is 1. The molecule has 2 heteroatoms. The summed E-state index contributed by atoms with van der Waals surface area (Å²) in [7, 11) is 0. The lowest BCUT2D eigenvalue weighted by atomic mass is 9.82. The van der Waals surface area contributed by atoms with E-state index in [1.165, 1.54) is 12.0 Å². The van der Waals surface area contributed by atoms with E-state index in [2.05, 4.69) is 36.3 Å². The lowest BCUT2D eigenvalue weighted by Gasteiger charge is -2.29. The second-order valence-electron chi connectivity index (χ2n) is 4.31. The van der Waals surface area contributed by atoms with Crippen LogP contribution in [0, 0.1) is 12.8 Å². The molecule has 2 atom stereocenters. The van der Waals surface area contributed by atoms with Crippen LogP contribution in [-0.2, 0) is 0 Å². The highest BCUT2D eigenvalue weighted by molar-refractivity contribution is 5.21. The van der Waals surface area contributed by atoms with Gasteiger partial charge in [0, 0.05) is 11.9 Å². The maximum Gasteiger partial charge on any atom is 0.0375 e. The highest BCUT2D eigenvalue weighted by Gasteiger charge is 2.22. The molecule has 14 heavy (non-hydrogen) atoms. The van der Waals surface area contributed by atoms with Crippen molar-refractivity contribution in [1.29, 1.82) is 0 Å². The van der Waals surface area contributed by atoms with Crippen LogP contribution in [-0.4, -0.2) is 18.1 Å². The third kappa shape index (κ3) is 1.95. The molecule has 1 aromatic heterocycles. The molecule has 2 nitrogen and oxygen atoms in total. The van der Waals surface area contributed by atoms with Crippen molar-refractivity contribution < 1.29 is 0 Å². The van der Waals surface area contributed by atoms with E-state index in [9.17, 15) is 0 Å². The normalized spacial score (nSPS) is 27.6. The van der Waals surface area contributed by atoms with Gasteiger partial charge in [-0.2, -0.15) is 0 Å². The average Bonchev–Trinajstić information content (AvgIpc) is 2.18. The first kappa shape index (κ1) is 9.66. The van der Waals surface area contributed by atoms with Gasteiger partial charge in [0.25, 0.3) is 0 Å². The van der Waals surface area contributed by atoms with Crippen molar-refractivity contribution in [3.05, 3.63) is 29.6 Å². The van der Waals surface area contributed by atoms with Crippen LogP contribution in [0.25, 0.3) is 0 Å². The van der Waals surface area contributed by atoms with E-state index >= 15 is 0 Å². The third-order valence-electron chi connectivity index (χ3n) is 3.13. The topological polar surface area (TPSA) is 24.9 Å². The van der Waals surface area contributed by atoms with Crippen molar-refractivity contribution in [2.75, 3.05) is 13.1 Å². The minimum absolute atomic E-state index is 0.720. The fourth-order valence-electron chi connectivity index (χ4n) is 2.31. The Hall–Kier alpha value is -0.890. The maximum absolute atomic E-state index is 4.24. The van der Waals surface area contributed by atoms with Gasteiger partial charge in [-0.05, 0) is 56.0 Å². The Kier molecular flexibility index (Phi) is 2.82. The second-order valence-corrected chi connectivity index (χ2v) is 4.31. The molecular weight excluding hydrogens is 172 g/mol. The highest BCUT2D eigenvalue weighted by atomic mass is 14.9. The largest absolute Gasteiger partial charge is 0.316 e. The summed E-state index contributed by atoms with van der Waals surface area (Å²) in [4.78, 5) is 4.24. The van der Waals surface area contributed by atoms with E-state index in [4.69, 9.17) is 0 Å². The molecule has 1 saturated heterocycles. The van der Waals surface area contributed by atoms with Crippen LogP contribution in [0.2, 0.25) is 0 Å². The van der Waals surface area contributed by atoms with Crippen molar-refractivity contribution in [1.82, 2.24) is 10.3 Å². The first-order valence-electron chi connectivity index (χ1n) is 5.40. The molecule has 1 aliphatic heterocycles. The number of hydrogen-bond donors (Lipinski definition) is 1. The fraction of sp³-hybridized carbons (Fsp3) is 0.583. The molecule has 1 aromatic rings. The molecular formula is C12H18N2. The molecule has 2 rings (SSSR count). The molecule has 0 amide bonds. The number of rotatable bonds is 1. The summed E-state index contributed by atoms with van der Waals surface area (Å²) in [5, 5.41) is 3.43. The zero-order valence-electron chi connectivity index (χ0n) is 8.96. The summed E-state index contributed by atoms with van der Waals surface area (Å²) in [6.45, 7) is 6.68. The molecule has 76 valence electrons. The van der Waals surface area contributed by atoms with Crippen LogP contribution in [0.15, 0.2) is 18.3 Å². The van der Waals surface area contributed by atoms with Gasteiger partial charge in [0.15, 0.2) is 0 Å². The average molecular weight is 190 g/mol. The predicted molar refractivity (Wildman–Crippen MR) is 58.4 cm³/mol. The molecule has 2 heterocycles. The van der Waals surface area contributed by atoms with Gasteiger partial charge >= 0.3 is 0 Å². The van der Waals surface area contributed by atoms with Gasteiger partial charge in [0.2, 0.25) is 0 Å². The summed E-state index contributed by atoms with van der Waals surface area (Å²) < 4.78 is 0. The summed E-state index contributed by atoms with van der Waals surface area (Å²) >= 11 is 0. The van der Waals surface area contributed by atoms with Gasteiger partial charge in [0.05, 0.1) is 0 Å². The SMILES string of the molecule is Cc1cc(C2CCNCC2C)ccn1. The minimum atomic E-state index is 0.720. The molecule has 1 fully saturated rings. The van der Waals surface area contributed by atoms with E-state index in [1.54, 1.807) is 0 Å². The van der Waals surface area contributed by atoms with Crippen LogP contribution >= 0.6 is 0 Å². The molecule has 2 unspecified atom stereocenters. The maximum atomic E-state index is 4.24. The van der Waals surface area contributed by atoms with Gasteiger partial charge in [0.1, 0.15) is 0 Å². The smallest absolute Gasteiger partial charge is 0.0375 e. The zero-order valence-corrected chi connectivity index (χ0v) is 8.96. The Bertz CT molecular complexity index is 309. The first-order chi connectivity index (χ1) is 6.77. The summed E-state index contributed by atoms with van der Waals surface area (Å²) in [5.74, 6) is 1.46. The van der Waals surface area contributed by atoms with Crippen LogP contribution in [0.3, 0.4) is 0 Å². The van der Waals surface area contributed by atoms with E-state index in [1.807, 2.05) is 6.20 Å². The summed E-state index contributed by atoms with van der Waals surface area (Å²) in [6.07, 6.45) is 3.18. The number of piperidine rings is 1. The number of hydrogen-bond acceptors (Lipinski definition) is 2. The Morgan fingerprint density at radius 3 is 3.07 bits per heavy atom.